The molecule has 0 fully saturated rings. The van der Waals surface area contributed by atoms with Crippen LogP contribution in [0.2, 0.25) is 5.02 Å². The monoisotopic (exact) mass is 494 g/mol. The Morgan fingerprint density at radius 2 is 1.71 bits per heavy atom. The van der Waals surface area contributed by atoms with Crippen LogP contribution in [0.4, 0.5) is 0 Å². The molecule has 0 aliphatic heterocycles. The molecule has 3 aromatic rings. The maximum absolute atomic E-state index is 12.5. The van der Waals surface area contributed by atoms with E-state index in [2.05, 4.69) is 10.5 Å². The predicted octanol–water partition coefficient (Wildman–Crippen LogP) is 5.41. The molecule has 0 aliphatic rings. The van der Waals surface area contributed by atoms with E-state index in [1.165, 1.54) is 6.21 Å². The van der Waals surface area contributed by atoms with Crippen LogP contribution < -0.4 is 19.6 Å². The van der Waals surface area contributed by atoms with Crippen molar-refractivity contribution in [2.24, 2.45) is 5.10 Å². The summed E-state index contributed by atoms with van der Waals surface area (Å²) in [4.78, 5) is 24.7. The number of esters is 1. The molecular formula is C27H27ClN2O5. The van der Waals surface area contributed by atoms with Gasteiger partial charge in [0.2, 0.25) is 0 Å². The van der Waals surface area contributed by atoms with Crippen molar-refractivity contribution in [1.82, 2.24) is 5.43 Å². The first-order valence-corrected chi connectivity index (χ1v) is 11.4. The Hall–Kier alpha value is -3.84. The van der Waals surface area contributed by atoms with Crippen LogP contribution in [0, 0.1) is 20.8 Å². The van der Waals surface area contributed by atoms with E-state index in [1.807, 2.05) is 39.8 Å². The Kier molecular flexibility index (Phi) is 8.86. The normalized spacial score (nSPS) is 10.8. The Balaban J connectivity index is 1.63. The third-order valence-electron chi connectivity index (χ3n) is 5.19. The molecule has 182 valence electrons. The van der Waals surface area contributed by atoms with Crippen molar-refractivity contribution in [2.75, 3.05) is 13.2 Å². The second-order valence-corrected chi connectivity index (χ2v) is 8.15. The summed E-state index contributed by atoms with van der Waals surface area (Å²) in [5.74, 6) is 0.320. The summed E-state index contributed by atoms with van der Waals surface area (Å²) in [6.07, 6.45) is 1.46. The first kappa shape index (κ1) is 25.8. The van der Waals surface area contributed by atoms with E-state index >= 15 is 0 Å². The molecule has 0 bridgehead atoms. The molecule has 3 rings (SSSR count). The van der Waals surface area contributed by atoms with E-state index in [0.29, 0.717) is 28.7 Å². The van der Waals surface area contributed by atoms with Crippen LogP contribution in [0.5, 0.6) is 17.2 Å². The van der Waals surface area contributed by atoms with Gasteiger partial charge in [-0.05, 0) is 80.3 Å². The molecule has 0 atom stereocenters. The van der Waals surface area contributed by atoms with Crippen LogP contribution in [0.3, 0.4) is 0 Å². The van der Waals surface area contributed by atoms with Crippen LogP contribution in [-0.2, 0) is 4.79 Å². The molecule has 1 N–H and O–H groups in total. The van der Waals surface area contributed by atoms with Crippen molar-refractivity contribution in [2.45, 2.75) is 27.7 Å². The summed E-state index contributed by atoms with van der Waals surface area (Å²) in [5.41, 5.74) is 6.39. The number of hydrogen-bond donors (Lipinski definition) is 1. The maximum atomic E-state index is 12.5. The van der Waals surface area contributed by atoms with Gasteiger partial charge in [-0.25, -0.2) is 10.2 Å². The lowest BCUT2D eigenvalue weighted by molar-refractivity contribution is -0.123. The Labute approximate surface area is 209 Å². The number of hydrazone groups is 1. The largest absolute Gasteiger partial charge is 0.490 e. The molecule has 0 heterocycles. The van der Waals surface area contributed by atoms with Crippen molar-refractivity contribution in [1.29, 1.82) is 0 Å². The number of hydrogen-bond acceptors (Lipinski definition) is 6. The lowest BCUT2D eigenvalue weighted by atomic mass is 10.1. The molecule has 0 saturated carbocycles. The van der Waals surface area contributed by atoms with Crippen LogP contribution in [-0.4, -0.2) is 31.3 Å². The van der Waals surface area contributed by atoms with Gasteiger partial charge in [-0.1, -0.05) is 35.9 Å². The van der Waals surface area contributed by atoms with E-state index in [1.54, 1.807) is 42.5 Å². The molecule has 0 aliphatic carbocycles. The van der Waals surface area contributed by atoms with Crippen LogP contribution in [0.25, 0.3) is 0 Å². The van der Waals surface area contributed by atoms with Crippen molar-refractivity contribution in [3.8, 4) is 17.2 Å². The van der Waals surface area contributed by atoms with Gasteiger partial charge in [-0.3, -0.25) is 4.79 Å². The number of nitrogens with zero attached hydrogens (tertiary/aromatic N) is 1. The molecule has 0 saturated heterocycles. The summed E-state index contributed by atoms with van der Waals surface area (Å²) in [6, 6.07) is 15.5. The topological polar surface area (TPSA) is 86.2 Å². The van der Waals surface area contributed by atoms with Crippen molar-refractivity contribution in [3.63, 3.8) is 0 Å². The fourth-order valence-electron chi connectivity index (χ4n) is 3.24. The van der Waals surface area contributed by atoms with Gasteiger partial charge in [0.1, 0.15) is 5.75 Å². The number of carbonyl (C=O) groups excluding carboxylic acids is 2. The highest BCUT2D eigenvalue weighted by molar-refractivity contribution is 6.33. The number of nitrogens with one attached hydrogen (secondary N) is 1. The SMILES string of the molecule is CCOc1cc(/C=N/NC(=O)COc2c(C)ccc(C)c2C)ccc1OC(=O)c1ccccc1Cl. The first-order chi connectivity index (χ1) is 16.8. The fraction of sp³-hybridized carbons (Fsp3) is 0.222. The van der Waals surface area contributed by atoms with Gasteiger partial charge >= 0.3 is 5.97 Å². The van der Waals surface area contributed by atoms with Gasteiger partial charge in [0, 0.05) is 0 Å². The Morgan fingerprint density at radius 3 is 2.46 bits per heavy atom. The molecule has 7 nitrogen and oxygen atoms in total. The molecule has 8 heteroatoms. The molecule has 0 aromatic heterocycles. The van der Waals surface area contributed by atoms with Gasteiger partial charge in [0.05, 0.1) is 23.4 Å². The number of rotatable bonds is 9. The van der Waals surface area contributed by atoms with Crippen molar-refractivity contribution < 1.29 is 23.8 Å². The zero-order valence-corrected chi connectivity index (χ0v) is 20.8. The number of aryl methyl sites for hydroxylation is 2. The Bertz CT molecular complexity index is 1260. The van der Waals surface area contributed by atoms with E-state index < -0.39 is 11.9 Å². The van der Waals surface area contributed by atoms with E-state index in [-0.39, 0.29) is 17.9 Å². The average Bonchev–Trinajstić information content (AvgIpc) is 2.83. The zero-order chi connectivity index (χ0) is 25.4. The standard InChI is InChI=1S/C27H27ClN2O5/c1-5-33-24-14-20(12-13-23(24)35-27(32)21-8-6-7-9-22(21)28)15-29-30-25(31)16-34-26-18(3)11-10-17(2)19(26)4/h6-15H,5,16H2,1-4H3,(H,30,31)/b29-15+. The summed E-state index contributed by atoms with van der Waals surface area (Å²) in [6.45, 7) is 7.90. The van der Waals surface area contributed by atoms with Gasteiger partial charge in [-0.15, -0.1) is 0 Å². The minimum atomic E-state index is -0.593. The number of ether oxygens (including phenoxy) is 3. The molecule has 1 amide bonds. The summed E-state index contributed by atoms with van der Waals surface area (Å²) in [5, 5.41) is 4.28. The maximum Gasteiger partial charge on any atom is 0.345 e. The van der Waals surface area contributed by atoms with Gasteiger partial charge in [-0.2, -0.15) is 5.10 Å². The van der Waals surface area contributed by atoms with E-state index in [9.17, 15) is 9.59 Å². The Morgan fingerprint density at radius 1 is 0.971 bits per heavy atom. The first-order valence-electron chi connectivity index (χ1n) is 11.0. The lowest BCUT2D eigenvalue weighted by Gasteiger charge is -2.13. The third kappa shape index (κ3) is 6.83. The molecular weight excluding hydrogens is 468 g/mol. The second kappa shape index (κ2) is 12.0. The lowest BCUT2D eigenvalue weighted by Crippen LogP contribution is -2.25. The summed E-state index contributed by atoms with van der Waals surface area (Å²) >= 11 is 6.08. The third-order valence-corrected chi connectivity index (χ3v) is 5.52. The molecule has 0 spiro atoms. The van der Waals surface area contributed by atoms with Gasteiger partial charge in [0.15, 0.2) is 18.1 Å². The average molecular weight is 495 g/mol. The molecule has 0 unspecified atom stereocenters. The van der Waals surface area contributed by atoms with E-state index in [4.69, 9.17) is 25.8 Å². The molecule has 3 aromatic carbocycles. The summed E-state index contributed by atoms with van der Waals surface area (Å²) in [7, 11) is 0. The van der Waals surface area contributed by atoms with Crippen LogP contribution in [0.1, 0.15) is 39.5 Å². The van der Waals surface area contributed by atoms with Crippen LogP contribution >= 0.6 is 11.6 Å². The minimum absolute atomic E-state index is 0.163. The van der Waals surface area contributed by atoms with Crippen molar-refractivity contribution >= 4 is 29.7 Å². The predicted molar refractivity (Wildman–Crippen MR) is 136 cm³/mol. The number of benzene rings is 3. The fourth-order valence-corrected chi connectivity index (χ4v) is 3.45. The zero-order valence-electron chi connectivity index (χ0n) is 20.1. The number of amides is 1. The molecule has 35 heavy (non-hydrogen) atoms. The van der Waals surface area contributed by atoms with Crippen molar-refractivity contribution in [3.05, 3.63) is 87.4 Å². The highest BCUT2D eigenvalue weighted by atomic mass is 35.5. The number of halogens is 1. The highest BCUT2D eigenvalue weighted by Crippen LogP contribution is 2.30. The smallest absolute Gasteiger partial charge is 0.345 e. The van der Waals surface area contributed by atoms with Gasteiger partial charge in [0.25, 0.3) is 5.91 Å². The number of carbonyl (C=O) groups is 2. The van der Waals surface area contributed by atoms with Gasteiger partial charge < -0.3 is 14.2 Å². The van der Waals surface area contributed by atoms with Crippen LogP contribution in [0.15, 0.2) is 59.7 Å². The quantitative estimate of drug-likeness (QED) is 0.186. The second-order valence-electron chi connectivity index (χ2n) is 7.74. The minimum Gasteiger partial charge on any atom is -0.490 e. The highest BCUT2D eigenvalue weighted by Gasteiger charge is 2.15. The van der Waals surface area contributed by atoms with E-state index in [0.717, 1.165) is 16.7 Å². The molecule has 0 radical (unpaired) electrons. The summed E-state index contributed by atoms with van der Waals surface area (Å²) < 4.78 is 16.8.